The largest absolute Gasteiger partial charge is 0.586 e. The molecule has 2 unspecified atom stereocenters. The standard InChI is InChI=1S/C5H11NO3S/c7-4-5-2-1-3-6(8,9)10-5/h5,7-8H,1-4H2. The molecule has 0 radical (unpaired) electrons. The number of aliphatic hydroxyl groups excluding tert-OH is 1. The maximum atomic E-state index is 10.8. The molecule has 2 atom stereocenters. The van der Waals surface area contributed by atoms with E-state index in [0.717, 1.165) is 18.4 Å². The Labute approximate surface area is 63.7 Å². The van der Waals surface area contributed by atoms with E-state index in [1.54, 1.807) is 0 Å². The van der Waals surface area contributed by atoms with E-state index < -0.39 is 4.21 Å². The van der Waals surface area contributed by atoms with Crippen LogP contribution in [-0.4, -0.2) is 32.9 Å². The van der Waals surface area contributed by atoms with Gasteiger partial charge in [-0.25, -0.2) is 5.21 Å². The molecule has 0 aromatic rings. The lowest BCUT2D eigenvalue weighted by Crippen LogP contribution is -2.39. The van der Waals surface area contributed by atoms with Gasteiger partial charge >= 0.3 is 0 Å². The summed E-state index contributed by atoms with van der Waals surface area (Å²) in [6.07, 6.45) is 1.52. The summed E-state index contributed by atoms with van der Waals surface area (Å²) in [5.74, 6) is 0. The summed E-state index contributed by atoms with van der Waals surface area (Å²) in [5.41, 5.74) is 0. The van der Waals surface area contributed by atoms with Crippen molar-refractivity contribution in [2.75, 3.05) is 13.2 Å². The van der Waals surface area contributed by atoms with Gasteiger partial charge in [0.25, 0.3) is 0 Å². The number of hydrogen-bond acceptors (Lipinski definition) is 4. The Morgan fingerprint density at radius 1 is 1.70 bits per heavy atom. The minimum Gasteiger partial charge on any atom is -0.586 e. The third-order valence-corrected chi connectivity index (χ3v) is 2.68. The SMILES string of the molecule is [O-][N+]1(O)CCCC(CO)S1. The van der Waals surface area contributed by atoms with Crippen molar-refractivity contribution in [3.63, 3.8) is 0 Å². The highest BCUT2D eigenvalue weighted by Crippen LogP contribution is 2.31. The summed E-state index contributed by atoms with van der Waals surface area (Å²) in [6.45, 7) is 0.217. The Hall–Kier alpha value is 0.190. The second kappa shape index (κ2) is 3.06. The topological polar surface area (TPSA) is 63.5 Å². The monoisotopic (exact) mass is 165 g/mol. The van der Waals surface area contributed by atoms with E-state index in [0.29, 0.717) is 6.42 Å². The van der Waals surface area contributed by atoms with Crippen molar-refractivity contribution in [1.29, 1.82) is 0 Å². The molecule has 2 N–H and O–H groups in total. The molecule has 0 spiro atoms. The summed E-state index contributed by atoms with van der Waals surface area (Å²) in [4.78, 5) is 0. The first-order valence-corrected chi connectivity index (χ1v) is 4.09. The van der Waals surface area contributed by atoms with Gasteiger partial charge in [0.1, 0.15) is 18.5 Å². The van der Waals surface area contributed by atoms with Gasteiger partial charge in [0, 0.05) is 6.42 Å². The van der Waals surface area contributed by atoms with Gasteiger partial charge < -0.3 is 10.3 Å². The predicted molar refractivity (Wildman–Crippen MR) is 38.0 cm³/mol. The molecule has 1 heterocycles. The quantitative estimate of drug-likeness (QED) is 0.337. The lowest BCUT2D eigenvalue weighted by molar-refractivity contribution is -0.952. The molecule has 0 aromatic carbocycles. The third kappa shape index (κ3) is 2.10. The molecular formula is C5H11NO3S. The van der Waals surface area contributed by atoms with Crippen LogP contribution in [0.1, 0.15) is 12.8 Å². The van der Waals surface area contributed by atoms with E-state index in [2.05, 4.69) is 0 Å². The second-order valence-corrected chi connectivity index (χ2v) is 3.86. The van der Waals surface area contributed by atoms with Crippen LogP contribution in [0.5, 0.6) is 0 Å². The van der Waals surface area contributed by atoms with Crippen LogP contribution in [0.4, 0.5) is 0 Å². The zero-order chi connectivity index (χ0) is 7.61. The normalized spacial score (nSPS) is 41.7. The highest BCUT2D eigenvalue weighted by Gasteiger charge is 2.28. The summed E-state index contributed by atoms with van der Waals surface area (Å²) in [5, 5.41) is 28.3. The second-order valence-electron chi connectivity index (χ2n) is 2.41. The molecule has 1 fully saturated rings. The molecule has 5 heteroatoms. The Kier molecular flexibility index (Phi) is 2.54. The Morgan fingerprint density at radius 3 is 2.80 bits per heavy atom. The summed E-state index contributed by atoms with van der Waals surface area (Å²) in [6, 6.07) is 0. The number of hydroxylamine groups is 2. The first-order valence-electron chi connectivity index (χ1n) is 3.25. The molecule has 0 aliphatic carbocycles. The van der Waals surface area contributed by atoms with Crippen LogP contribution >= 0.6 is 11.9 Å². The van der Waals surface area contributed by atoms with E-state index in [9.17, 15) is 5.21 Å². The van der Waals surface area contributed by atoms with E-state index in [-0.39, 0.29) is 18.4 Å². The van der Waals surface area contributed by atoms with Gasteiger partial charge in [-0.05, 0) is 6.42 Å². The van der Waals surface area contributed by atoms with Crippen LogP contribution in [0.25, 0.3) is 0 Å². The molecule has 1 rings (SSSR count). The first-order chi connectivity index (χ1) is 4.64. The fourth-order valence-electron chi connectivity index (χ4n) is 0.982. The first kappa shape index (κ1) is 8.29. The highest BCUT2D eigenvalue weighted by molar-refractivity contribution is 7.94. The summed E-state index contributed by atoms with van der Waals surface area (Å²) < 4.78 is -1.24. The fourth-order valence-corrected chi connectivity index (χ4v) is 2.02. The third-order valence-electron chi connectivity index (χ3n) is 1.48. The molecule has 10 heavy (non-hydrogen) atoms. The van der Waals surface area contributed by atoms with Crippen molar-refractivity contribution >= 4 is 11.9 Å². The molecule has 0 amide bonds. The number of rotatable bonds is 1. The lowest BCUT2D eigenvalue weighted by Gasteiger charge is -2.36. The zero-order valence-electron chi connectivity index (χ0n) is 5.56. The Balaban J connectivity index is 2.40. The van der Waals surface area contributed by atoms with Crippen LogP contribution in [0.2, 0.25) is 0 Å². The summed E-state index contributed by atoms with van der Waals surface area (Å²) in [7, 11) is 0. The fraction of sp³-hybridized carbons (Fsp3) is 1.00. The molecule has 1 aliphatic heterocycles. The van der Waals surface area contributed by atoms with Crippen LogP contribution < -0.4 is 0 Å². The van der Waals surface area contributed by atoms with Gasteiger partial charge in [-0.2, -0.15) is 4.21 Å². The van der Waals surface area contributed by atoms with Crippen molar-refractivity contribution in [1.82, 2.24) is 0 Å². The van der Waals surface area contributed by atoms with Crippen molar-refractivity contribution in [2.24, 2.45) is 0 Å². The number of aliphatic hydroxyl groups is 1. The van der Waals surface area contributed by atoms with E-state index in [1.165, 1.54) is 0 Å². The molecule has 60 valence electrons. The van der Waals surface area contributed by atoms with E-state index >= 15 is 0 Å². The van der Waals surface area contributed by atoms with Crippen molar-refractivity contribution in [3.8, 4) is 0 Å². The molecule has 1 saturated heterocycles. The molecular weight excluding hydrogens is 154 g/mol. The molecule has 1 aliphatic rings. The smallest absolute Gasteiger partial charge is 0.120 e. The van der Waals surface area contributed by atoms with Crippen molar-refractivity contribution in [3.05, 3.63) is 5.21 Å². The van der Waals surface area contributed by atoms with Crippen LogP contribution in [0.3, 0.4) is 0 Å². The predicted octanol–water partition coefficient (Wildman–Crippen LogP) is 0.493. The van der Waals surface area contributed by atoms with Gasteiger partial charge in [-0.1, -0.05) is 0 Å². The van der Waals surface area contributed by atoms with E-state index in [4.69, 9.17) is 10.3 Å². The Morgan fingerprint density at radius 2 is 2.40 bits per heavy atom. The van der Waals surface area contributed by atoms with Crippen LogP contribution in [0, 0.1) is 5.21 Å². The summed E-state index contributed by atoms with van der Waals surface area (Å²) >= 11 is 0.876. The minimum absolute atomic E-state index is 0.0204. The number of nitrogens with zero attached hydrogens (tertiary/aromatic N) is 1. The Bertz CT molecular complexity index is 119. The van der Waals surface area contributed by atoms with E-state index in [1.807, 2.05) is 0 Å². The number of quaternary nitrogens is 1. The maximum Gasteiger partial charge on any atom is 0.120 e. The maximum absolute atomic E-state index is 10.8. The van der Waals surface area contributed by atoms with Crippen LogP contribution in [-0.2, 0) is 0 Å². The average molecular weight is 165 g/mol. The van der Waals surface area contributed by atoms with Gasteiger partial charge in [0.05, 0.1) is 11.9 Å². The van der Waals surface area contributed by atoms with Crippen molar-refractivity contribution < 1.29 is 14.5 Å². The van der Waals surface area contributed by atoms with Gasteiger partial charge in [-0.15, -0.1) is 0 Å². The molecule has 0 bridgehead atoms. The van der Waals surface area contributed by atoms with Crippen molar-refractivity contribution in [2.45, 2.75) is 18.1 Å². The number of hydrogen-bond donors (Lipinski definition) is 2. The average Bonchev–Trinajstić information content (AvgIpc) is 1.86. The van der Waals surface area contributed by atoms with Crippen LogP contribution in [0.15, 0.2) is 0 Å². The minimum atomic E-state index is -1.24. The lowest BCUT2D eigenvalue weighted by atomic mass is 10.2. The zero-order valence-corrected chi connectivity index (χ0v) is 6.38. The molecule has 4 nitrogen and oxygen atoms in total. The van der Waals surface area contributed by atoms with Gasteiger partial charge in [0.15, 0.2) is 0 Å². The van der Waals surface area contributed by atoms with Gasteiger partial charge in [0.2, 0.25) is 0 Å². The highest BCUT2D eigenvalue weighted by atomic mass is 32.2. The molecule has 0 aromatic heterocycles. The van der Waals surface area contributed by atoms with Gasteiger partial charge in [-0.3, -0.25) is 0 Å². The molecule has 0 saturated carbocycles.